The summed E-state index contributed by atoms with van der Waals surface area (Å²) in [6.07, 6.45) is 0. The molecule has 0 N–H and O–H groups in total. The molecule has 0 aliphatic carbocycles. The molecule has 0 radical (unpaired) electrons. The molecule has 0 aliphatic rings. The van der Waals surface area contributed by atoms with E-state index in [9.17, 15) is 0 Å². The molecule has 0 bridgehead atoms. The zero-order valence-corrected chi connectivity index (χ0v) is 27.6. The van der Waals surface area contributed by atoms with Gasteiger partial charge in [0.05, 0.1) is 0 Å². The molecule has 0 fully saturated rings. The largest absolute Gasteiger partial charge is 0.456 e. The van der Waals surface area contributed by atoms with E-state index in [1.165, 1.54) is 10.8 Å². The second kappa shape index (κ2) is 11.2. The molecule has 3 heterocycles. The summed E-state index contributed by atoms with van der Waals surface area (Å²) in [5, 5.41) is 8.77. The Morgan fingerprint density at radius 1 is 0.346 bits per heavy atom. The van der Waals surface area contributed by atoms with Crippen LogP contribution in [0.3, 0.4) is 0 Å². The van der Waals surface area contributed by atoms with E-state index >= 15 is 0 Å². The van der Waals surface area contributed by atoms with Crippen molar-refractivity contribution in [1.82, 2.24) is 19.9 Å². The maximum atomic E-state index is 6.63. The number of oxazole rings is 1. The van der Waals surface area contributed by atoms with Crippen molar-refractivity contribution in [1.29, 1.82) is 0 Å². The van der Waals surface area contributed by atoms with Crippen molar-refractivity contribution >= 4 is 65.4 Å². The highest BCUT2D eigenvalue weighted by Crippen LogP contribution is 2.39. The molecule has 6 heteroatoms. The molecule has 52 heavy (non-hydrogen) atoms. The molecule has 242 valence electrons. The van der Waals surface area contributed by atoms with E-state index in [1.807, 2.05) is 78.9 Å². The van der Waals surface area contributed by atoms with E-state index in [0.717, 1.165) is 76.8 Å². The van der Waals surface area contributed by atoms with Crippen LogP contribution in [-0.4, -0.2) is 19.9 Å². The minimum absolute atomic E-state index is 0.551. The SMILES string of the molecule is c1ccc(-c2nc(-c3ccccc3)nc(-c3ccc4c(ccc5ccc6nc(-c7ccc8c(c7)oc7ccc9ccccc9c78)oc6c54)c3)n2)cc1. The molecule has 0 amide bonds. The highest BCUT2D eigenvalue weighted by molar-refractivity contribution is 6.20. The minimum Gasteiger partial charge on any atom is -0.456 e. The lowest BCUT2D eigenvalue weighted by molar-refractivity contribution is 0.622. The predicted octanol–water partition coefficient (Wildman–Crippen LogP) is 12.0. The Hall–Kier alpha value is -7.18. The Kier molecular flexibility index (Phi) is 6.15. The molecule has 0 aliphatic heterocycles. The normalized spacial score (nSPS) is 11.8. The number of furan rings is 1. The smallest absolute Gasteiger partial charge is 0.227 e. The summed E-state index contributed by atoms with van der Waals surface area (Å²) in [5.41, 5.74) is 6.86. The van der Waals surface area contributed by atoms with Crippen LogP contribution in [0, 0.1) is 0 Å². The molecule has 6 nitrogen and oxygen atoms in total. The maximum absolute atomic E-state index is 6.63. The van der Waals surface area contributed by atoms with Gasteiger partial charge >= 0.3 is 0 Å². The van der Waals surface area contributed by atoms with Gasteiger partial charge in [0.15, 0.2) is 23.1 Å². The van der Waals surface area contributed by atoms with Gasteiger partial charge in [-0.3, -0.25) is 0 Å². The molecule has 8 aromatic carbocycles. The van der Waals surface area contributed by atoms with Gasteiger partial charge in [-0.05, 0) is 63.3 Å². The van der Waals surface area contributed by atoms with Crippen LogP contribution in [0.15, 0.2) is 167 Å². The fourth-order valence-electron chi connectivity index (χ4n) is 7.41. The quantitative estimate of drug-likeness (QED) is 0.174. The minimum atomic E-state index is 0.551. The lowest BCUT2D eigenvalue weighted by atomic mass is 9.99. The van der Waals surface area contributed by atoms with Crippen molar-refractivity contribution in [3.8, 4) is 45.6 Å². The number of fused-ring (bicyclic) bond motifs is 10. The summed E-state index contributed by atoms with van der Waals surface area (Å²) in [5.74, 6) is 2.43. The summed E-state index contributed by atoms with van der Waals surface area (Å²) in [4.78, 5) is 19.7. The number of benzene rings is 8. The zero-order chi connectivity index (χ0) is 34.2. The summed E-state index contributed by atoms with van der Waals surface area (Å²) >= 11 is 0. The van der Waals surface area contributed by atoms with E-state index in [-0.39, 0.29) is 0 Å². The Morgan fingerprint density at radius 3 is 1.75 bits per heavy atom. The number of hydrogen-bond donors (Lipinski definition) is 0. The molecular weight excluding hydrogens is 641 g/mol. The van der Waals surface area contributed by atoms with Crippen LogP contribution in [0.25, 0.3) is 111 Å². The third-order valence-electron chi connectivity index (χ3n) is 9.92. The lowest BCUT2D eigenvalue weighted by Crippen LogP contribution is -2.00. The van der Waals surface area contributed by atoms with Gasteiger partial charge < -0.3 is 8.83 Å². The van der Waals surface area contributed by atoms with Crippen molar-refractivity contribution in [3.63, 3.8) is 0 Å². The molecule has 0 unspecified atom stereocenters. The van der Waals surface area contributed by atoms with Crippen molar-refractivity contribution in [3.05, 3.63) is 158 Å². The summed E-state index contributed by atoms with van der Waals surface area (Å²) in [6.45, 7) is 0. The van der Waals surface area contributed by atoms with Crippen LogP contribution in [0.4, 0.5) is 0 Å². The number of aromatic nitrogens is 4. The van der Waals surface area contributed by atoms with Gasteiger partial charge in [-0.1, -0.05) is 121 Å². The monoisotopic (exact) mass is 666 g/mol. The van der Waals surface area contributed by atoms with Crippen LogP contribution < -0.4 is 0 Å². The van der Waals surface area contributed by atoms with E-state index in [4.69, 9.17) is 28.8 Å². The third-order valence-corrected chi connectivity index (χ3v) is 9.92. The van der Waals surface area contributed by atoms with E-state index in [1.54, 1.807) is 0 Å². The van der Waals surface area contributed by atoms with Crippen LogP contribution >= 0.6 is 0 Å². The first-order chi connectivity index (χ1) is 25.7. The van der Waals surface area contributed by atoms with Crippen LogP contribution in [0.2, 0.25) is 0 Å². The average molecular weight is 667 g/mol. The highest BCUT2D eigenvalue weighted by Gasteiger charge is 2.18. The van der Waals surface area contributed by atoms with Crippen molar-refractivity contribution < 1.29 is 8.83 Å². The first kappa shape index (κ1) is 28.6. The fourth-order valence-corrected chi connectivity index (χ4v) is 7.41. The second-order valence-corrected chi connectivity index (χ2v) is 13.0. The molecule has 11 aromatic rings. The molecular formula is C46H26N4O2. The molecule has 3 aromatic heterocycles. The van der Waals surface area contributed by atoms with Crippen molar-refractivity contribution in [2.24, 2.45) is 0 Å². The van der Waals surface area contributed by atoms with Gasteiger partial charge in [0.2, 0.25) is 5.89 Å². The molecule has 0 saturated carbocycles. The maximum Gasteiger partial charge on any atom is 0.227 e. The molecule has 0 saturated heterocycles. The van der Waals surface area contributed by atoms with Gasteiger partial charge in [-0.15, -0.1) is 0 Å². The summed E-state index contributed by atoms with van der Waals surface area (Å²) < 4.78 is 13.0. The summed E-state index contributed by atoms with van der Waals surface area (Å²) in [6, 6.07) is 53.6. The summed E-state index contributed by atoms with van der Waals surface area (Å²) in [7, 11) is 0. The molecule has 11 rings (SSSR count). The van der Waals surface area contributed by atoms with Crippen molar-refractivity contribution in [2.45, 2.75) is 0 Å². The predicted molar refractivity (Wildman–Crippen MR) is 209 cm³/mol. The lowest BCUT2D eigenvalue weighted by Gasteiger charge is -2.10. The zero-order valence-electron chi connectivity index (χ0n) is 27.6. The fraction of sp³-hybridized carbons (Fsp3) is 0. The van der Waals surface area contributed by atoms with Crippen LogP contribution in [-0.2, 0) is 0 Å². The van der Waals surface area contributed by atoms with E-state index in [2.05, 4.69) is 78.9 Å². The molecule has 0 atom stereocenters. The number of nitrogens with zero attached hydrogens (tertiary/aromatic N) is 4. The Bertz CT molecular complexity index is 3130. The standard InChI is InChI=1S/C46H26N4O2/c1-3-10-29(11-4-1)43-48-44(30-12-5-2-6-13-30)50-45(49-43)32-17-21-35-31(25-32)16-15-28-19-23-37-42(40(28)35)52-46(47-37)33-18-22-36-39(26-33)51-38-24-20-27-9-7-8-14-34(27)41(36)38/h1-26H. The average Bonchev–Trinajstić information content (AvgIpc) is 3.83. The van der Waals surface area contributed by atoms with Gasteiger partial charge in [0.25, 0.3) is 0 Å². The Morgan fingerprint density at radius 2 is 0.962 bits per heavy atom. The Labute approximate surface area is 296 Å². The van der Waals surface area contributed by atoms with Gasteiger partial charge in [-0.2, -0.15) is 0 Å². The first-order valence-electron chi connectivity index (χ1n) is 17.2. The highest BCUT2D eigenvalue weighted by atomic mass is 16.3. The van der Waals surface area contributed by atoms with E-state index < -0.39 is 0 Å². The topological polar surface area (TPSA) is 77.8 Å². The first-order valence-corrected chi connectivity index (χ1v) is 17.2. The number of hydrogen-bond acceptors (Lipinski definition) is 6. The number of rotatable bonds is 4. The third kappa shape index (κ3) is 4.51. The van der Waals surface area contributed by atoms with Gasteiger partial charge in [-0.25, -0.2) is 19.9 Å². The second-order valence-electron chi connectivity index (χ2n) is 13.0. The Balaban J connectivity index is 1.04. The van der Waals surface area contributed by atoms with Gasteiger partial charge in [0.1, 0.15) is 16.7 Å². The van der Waals surface area contributed by atoms with Crippen molar-refractivity contribution in [2.75, 3.05) is 0 Å². The van der Waals surface area contributed by atoms with Gasteiger partial charge in [0, 0.05) is 38.4 Å². The van der Waals surface area contributed by atoms with Crippen LogP contribution in [0.1, 0.15) is 0 Å². The molecule has 0 spiro atoms. The van der Waals surface area contributed by atoms with E-state index in [0.29, 0.717) is 23.4 Å². The van der Waals surface area contributed by atoms with Crippen LogP contribution in [0.5, 0.6) is 0 Å².